The second kappa shape index (κ2) is 12.5. The standard InChI is InChI=1S/C25H32FN5O5/c26-17-14-22(24(32)29-18-4-6-19(7-5-18)30-25(33)34)23(27-16-17)28-20-2-1-3-21(15-20)36-13-10-31-8-11-35-12-9-31/h1-3,14-16,18-19,30H,4-13H2,(H,27,28)(H,29,32)(H,33,34)/t18-,19+. The molecule has 1 saturated heterocycles. The third-order valence-electron chi connectivity index (χ3n) is 6.37. The van der Waals surface area contributed by atoms with Crippen molar-refractivity contribution < 1.29 is 28.6 Å². The number of hydrogen-bond donors (Lipinski definition) is 4. The minimum atomic E-state index is -1.05. The molecule has 2 amide bonds. The van der Waals surface area contributed by atoms with Crippen LogP contribution in [0, 0.1) is 5.82 Å². The zero-order valence-corrected chi connectivity index (χ0v) is 20.0. The Bertz CT molecular complexity index is 1040. The first-order chi connectivity index (χ1) is 17.5. The van der Waals surface area contributed by atoms with Crippen LogP contribution in [-0.4, -0.2) is 78.5 Å². The number of halogens is 1. The third-order valence-corrected chi connectivity index (χ3v) is 6.37. The number of nitrogens with one attached hydrogen (secondary N) is 3. The Balaban J connectivity index is 1.34. The molecule has 1 saturated carbocycles. The Morgan fingerprint density at radius 3 is 2.56 bits per heavy atom. The molecule has 194 valence electrons. The second-order valence-electron chi connectivity index (χ2n) is 8.98. The molecule has 0 spiro atoms. The van der Waals surface area contributed by atoms with Crippen LogP contribution >= 0.6 is 0 Å². The number of anilines is 2. The lowest BCUT2D eigenvalue weighted by molar-refractivity contribution is 0.0322. The molecule has 36 heavy (non-hydrogen) atoms. The summed E-state index contributed by atoms with van der Waals surface area (Å²) in [5.74, 6) is -0.133. The van der Waals surface area contributed by atoms with E-state index in [1.54, 1.807) is 0 Å². The molecule has 1 aliphatic heterocycles. The summed E-state index contributed by atoms with van der Waals surface area (Å²) in [6, 6.07) is 8.23. The van der Waals surface area contributed by atoms with Crippen molar-refractivity contribution in [3.63, 3.8) is 0 Å². The van der Waals surface area contributed by atoms with Crippen molar-refractivity contribution in [2.24, 2.45) is 0 Å². The van der Waals surface area contributed by atoms with Crippen molar-refractivity contribution in [2.45, 2.75) is 37.8 Å². The van der Waals surface area contributed by atoms with Gasteiger partial charge in [0.15, 0.2) is 0 Å². The first kappa shape index (κ1) is 25.6. The highest BCUT2D eigenvalue weighted by Gasteiger charge is 2.25. The lowest BCUT2D eigenvalue weighted by Gasteiger charge is -2.29. The molecule has 4 N–H and O–H groups in total. The molecule has 4 rings (SSSR count). The molecule has 0 radical (unpaired) electrons. The number of morpholine rings is 1. The zero-order valence-electron chi connectivity index (χ0n) is 20.0. The number of carbonyl (C=O) groups excluding carboxylic acids is 1. The minimum Gasteiger partial charge on any atom is -0.492 e. The van der Waals surface area contributed by atoms with E-state index in [9.17, 15) is 14.0 Å². The molecule has 2 aliphatic rings. The highest BCUT2D eigenvalue weighted by Crippen LogP contribution is 2.24. The van der Waals surface area contributed by atoms with Gasteiger partial charge < -0.3 is 30.5 Å². The van der Waals surface area contributed by atoms with Gasteiger partial charge in [0.25, 0.3) is 5.91 Å². The molecule has 0 unspecified atom stereocenters. The quantitative estimate of drug-likeness (QED) is 0.413. The maximum Gasteiger partial charge on any atom is 0.404 e. The number of pyridine rings is 1. The Hall–Kier alpha value is -3.44. The van der Waals surface area contributed by atoms with E-state index in [1.165, 1.54) is 0 Å². The van der Waals surface area contributed by atoms with E-state index in [4.69, 9.17) is 14.6 Å². The number of carbonyl (C=O) groups is 2. The maximum absolute atomic E-state index is 14.0. The van der Waals surface area contributed by atoms with E-state index < -0.39 is 17.8 Å². The SMILES string of the molecule is O=C(O)N[C@H]1CC[C@@H](NC(=O)c2cc(F)cnc2Nc2cccc(OCCN3CCOCC3)c2)CC1. The third kappa shape index (κ3) is 7.53. The molecule has 0 atom stereocenters. The average Bonchev–Trinajstić information content (AvgIpc) is 2.87. The van der Waals surface area contributed by atoms with Gasteiger partial charge in [-0.1, -0.05) is 6.07 Å². The van der Waals surface area contributed by atoms with Gasteiger partial charge in [0.1, 0.15) is 24.0 Å². The molecular formula is C25H32FN5O5. The fourth-order valence-electron chi connectivity index (χ4n) is 4.45. The van der Waals surface area contributed by atoms with Crippen LogP contribution in [0.25, 0.3) is 0 Å². The van der Waals surface area contributed by atoms with Crippen molar-refractivity contribution in [3.05, 3.63) is 47.9 Å². The number of nitrogens with zero attached hydrogens (tertiary/aromatic N) is 2. The number of aromatic nitrogens is 1. The van der Waals surface area contributed by atoms with E-state index in [1.807, 2.05) is 24.3 Å². The lowest BCUT2D eigenvalue weighted by atomic mass is 9.91. The van der Waals surface area contributed by atoms with Gasteiger partial charge >= 0.3 is 6.09 Å². The van der Waals surface area contributed by atoms with Crippen molar-refractivity contribution >= 4 is 23.5 Å². The number of hydrogen-bond acceptors (Lipinski definition) is 7. The van der Waals surface area contributed by atoms with Crippen molar-refractivity contribution in [1.82, 2.24) is 20.5 Å². The molecule has 10 nitrogen and oxygen atoms in total. The fourth-order valence-corrected chi connectivity index (χ4v) is 4.45. The van der Waals surface area contributed by atoms with E-state index in [2.05, 4.69) is 25.8 Å². The zero-order chi connectivity index (χ0) is 25.3. The van der Waals surface area contributed by atoms with Gasteiger partial charge in [-0.15, -0.1) is 0 Å². The first-order valence-electron chi connectivity index (χ1n) is 12.2. The highest BCUT2D eigenvalue weighted by molar-refractivity contribution is 5.99. The molecule has 1 aliphatic carbocycles. The number of carboxylic acid groups (broad SMARTS) is 1. The van der Waals surface area contributed by atoms with Gasteiger partial charge in [0, 0.05) is 43.5 Å². The van der Waals surface area contributed by atoms with Gasteiger partial charge in [-0.3, -0.25) is 9.69 Å². The van der Waals surface area contributed by atoms with Gasteiger partial charge in [-0.2, -0.15) is 0 Å². The second-order valence-corrected chi connectivity index (χ2v) is 8.98. The van der Waals surface area contributed by atoms with E-state index in [0.29, 0.717) is 43.7 Å². The molecule has 2 aromatic rings. The number of ether oxygens (including phenoxy) is 2. The maximum atomic E-state index is 14.0. The predicted octanol–water partition coefficient (Wildman–Crippen LogP) is 2.98. The Kier molecular flexibility index (Phi) is 8.90. The Morgan fingerprint density at radius 2 is 1.83 bits per heavy atom. The lowest BCUT2D eigenvalue weighted by Crippen LogP contribution is -2.43. The molecule has 2 heterocycles. The largest absolute Gasteiger partial charge is 0.492 e. The van der Waals surface area contributed by atoms with Crippen molar-refractivity contribution in [1.29, 1.82) is 0 Å². The monoisotopic (exact) mass is 501 g/mol. The molecule has 1 aromatic carbocycles. The summed E-state index contributed by atoms with van der Waals surface area (Å²) in [5, 5.41) is 17.4. The fraction of sp³-hybridized carbons (Fsp3) is 0.480. The number of benzene rings is 1. The van der Waals surface area contributed by atoms with Crippen LogP contribution in [0.3, 0.4) is 0 Å². The summed E-state index contributed by atoms with van der Waals surface area (Å²) in [4.78, 5) is 30.2. The van der Waals surface area contributed by atoms with Crippen molar-refractivity contribution in [2.75, 3.05) is 44.8 Å². The topological polar surface area (TPSA) is 125 Å². The van der Waals surface area contributed by atoms with Gasteiger partial charge in [0.2, 0.25) is 0 Å². The van der Waals surface area contributed by atoms with Crippen LogP contribution < -0.4 is 20.7 Å². The minimum absolute atomic E-state index is 0.0967. The van der Waals surface area contributed by atoms with Crippen LogP contribution in [-0.2, 0) is 4.74 Å². The van der Waals surface area contributed by atoms with Crippen LogP contribution in [0.15, 0.2) is 36.5 Å². The van der Waals surface area contributed by atoms with Crippen LogP contribution in [0.5, 0.6) is 5.75 Å². The van der Waals surface area contributed by atoms with Crippen LogP contribution in [0.4, 0.5) is 20.7 Å². The summed E-state index contributed by atoms with van der Waals surface area (Å²) in [5.41, 5.74) is 0.756. The first-order valence-corrected chi connectivity index (χ1v) is 12.2. The summed E-state index contributed by atoms with van der Waals surface area (Å²) in [6.07, 6.45) is 2.53. The molecule has 0 bridgehead atoms. The molecular weight excluding hydrogens is 469 g/mol. The smallest absolute Gasteiger partial charge is 0.404 e. The Morgan fingerprint density at radius 1 is 1.11 bits per heavy atom. The average molecular weight is 502 g/mol. The number of amides is 2. The summed E-state index contributed by atoms with van der Waals surface area (Å²) in [7, 11) is 0. The number of rotatable bonds is 9. The molecule has 11 heteroatoms. The van der Waals surface area contributed by atoms with Crippen LogP contribution in [0.1, 0.15) is 36.0 Å². The molecule has 2 fully saturated rings. The normalized spacial score (nSPS) is 20.4. The van der Waals surface area contributed by atoms with Crippen molar-refractivity contribution in [3.8, 4) is 5.75 Å². The highest BCUT2D eigenvalue weighted by atomic mass is 19.1. The van der Waals surface area contributed by atoms with E-state index in [0.717, 1.165) is 45.1 Å². The molecule has 1 aromatic heterocycles. The van der Waals surface area contributed by atoms with Crippen LogP contribution in [0.2, 0.25) is 0 Å². The summed E-state index contributed by atoms with van der Waals surface area (Å²) in [6.45, 7) is 4.61. The van der Waals surface area contributed by atoms with E-state index in [-0.39, 0.29) is 23.5 Å². The van der Waals surface area contributed by atoms with Gasteiger partial charge in [-0.05, 0) is 43.9 Å². The Labute approximate surface area is 209 Å². The summed E-state index contributed by atoms with van der Waals surface area (Å²) >= 11 is 0. The van der Waals surface area contributed by atoms with Gasteiger partial charge in [-0.25, -0.2) is 14.2 Å². The predicted molar refractivity (Wildman–Crippen MR) is 131 cm³/mol. The summed E-state index contributed by atoms with van der Waals surface area (Å²) < 4.78 is 25.2. The van der Waals surface area contributed by atoms with E-state index >= 15 is 0 Å². The van der Waals surface area contributed by atoms with Gasteiger partial charge in [0.05, 0.1) is 25.0 Å².